The molecule has 1 aliphatic carbocycles. The van der Waals surface area contributed by atoms with Gasteiger partial charge in [-0.05, 0) is 81.6 Å². The molecule has 1 aromatic rings. The summed E-state index contributed by atoms with van der Waals surface area (Å²) in [7, 11) is 0. The number of benzene rings is 1. The zero-order valence-corrected chi connectivity index (χ0v) is 16.6. The van der Waals surface area contributed by atoms with Gasteiger partial charge >= 0.3 is 0 Å². The minimum Gasteiger partial charge on any atom is -0.359 e. The quantitative estimate of drug-likeness (QED) is 0.399. The first-order chi connectivity index (χ1) is 11.9. The van der Waals surface area contributed by atoms with Gasteiger partial charge in [0.1, 0.15) is 0 Å². The zero-order valence-electron chi connectivity index (χ0n) is 16.6. The first-order valence-electron chi connectivity index (χ1n) is 9.73. The highest BCUT2D eigenvalue weighted by Gasteiger charge is 2.19. The molecule has 1 N–H and O–H groups in total. The van der Waals surface area contributed by atoms with Crippen molar-refractivity contribution in [3.05, 3.63) is 65.4 Å². The van der Waals surface area contributed by atoms with Gasteiger partial charge in [-0.3, -0.25) is 0 Å². The zero-order chi connectivity index (χ0) is 18.4. The Morgan fingerprint density at radius 2 is 1.56 bits per heavy atom. The van der Waals surface area contributed by atoms with Gasteiger partial charge < -0.3 is 5.32 Å². The maximum absolute atomic E-state index is 4.15. The molecular weight excluding hydrogens is 302 g/mol. The van der Waals surface area contributed by atoms with Crippen LogP contribution in [-0.4, -0.2) is 0 Å². The van der Waals surface area contributed by atoms with Gasteiger partial charge in [-0.15, -0.1) is 6.58 Å². The van der Waals surface area contributed by atoms with Crippen molar-refractivity contribution in [3.8, 4) is 0 Å². The molecule has 1 fully saturated rings. The molecule has 1 saturated carbocycles. The molecule has 0 spiro atoms. The Morgan fingerprint density at radius 1 is 0.960 bits per heavy atom. The SMILES string of the molecule is C=C(C)CC/C(C(=C)C)=C(/C)Nc1ccc(C2CCC(C)CC2)cc1. The lowest BCUT2D eigenvalue weighted by atomic mass is 9.79. The van der Waals surface area contributed by atoms with E-state index in [0.29, 0.717) is 0 Å². The molecule has 0 saturated heterocycles. The van der Waals surface area contributed by atoms with E-state index in [2.05, 4.69) is 70.4 Å². The maximum Gasteiger partial charge on any atom is 0.0381 e. The number of anilines is 1. The second kappa shape index (κ2) is 9.08. The molecule has 2 rings (SSSR count). The van der Waals surface area contributed by atoms with E-state index in [1.807, 2.05) is 0 Å². The molecule has 0 bridgehead atoms. The molecule has 136 valence electrons. The molecule has 0 aliphatic heterocycles. The predicted octanol–water partition coefficient (Wildman–Crippen LogP) is 7.60. The lowest BCUT2D eigenvalue weighted by molar-refractivity contribution is 0.348. The van der Waals surface area contributed by atoms with Crippen molar-refractivity contribution in [1.82, 2.24) is 0 Å². The van der Waals surface area contributed by atoms with Crippen LogP contribution in [0.3, 0.4) is 0 Å². The van der Waals surface area contributed by atoms with Crippen LogP contribution in [0.1, 0.15) is 77.7 Å². The number of hydrogen-bond donors (Lipinski definition) is 1. The third kappa shape index (κ3) is 5.92. The first kappa shape index (κ1) is 19.6. The highest BCUT2D eigenvalue weighted by atomic mass is 14.9. The normalized spacial score (nSPS) is 21.4. The number of nitrogens with one attached hydrogen (secondary N) is 1. The molecule has 25 heavy (non-hydrogen) atoms. The molecule has 1 aliphatic rings. The predicted molar refractivity (Wildman–Crippen MR) is 112 cm³/mol. The van der Waals surface area contributed by atoms with Crippen molar-refractivity contribution in [1.29, 1.82) is 0 Å². The van der Waals surface area contributed by atoms with E-state index in [-0.39, 0.29) is 0 Å². The second-order valence-electron chi connectivity index (χ2n) is 8.04. The summed E-state index contributed by atoms with van der Waals surface area (Å²) in [5.74, 6) is 1.66. The molecule has 1 aromatic carbocycles. The Balaban J connectivity index is 2.04. The fourth-order valence-electron chi connectivity index (χ4n) is 3.78. The summed E-state index contributed by atoms with van der Waals surface area (Å²) in [6.45, 7) is 16.9. The van der Waals surface area contributed by atoms with E-state index in [0.717, 1.165) is 30.3 Å². The fraction of sp³-hybridized carbons (Fsp3) is 0.500. The lowest BCUT2D eigenvalue weighted by Gasteiger charge is -2.26. The molecule has 0 unspecified atom stereocenters. The second-order valence-corrected chi connectivity index (χ2v) is 8.04. The van der Waals surface area contributed by atoms with Crippen molar-refractivity contribution in [2.45, 2.75) is 72.1 Å². The minimum atomic E-state index is 0.753. The smallest absolute Gasteiger partial charge is 0.0381 e. The van der Waals surface area contributed by atoms with Gasteiger partial charge in [0, 0.05) is 11.4 Å². The molecular formula is C24H35N. The summed E-state index contributed by atoms with van der Waals surface area (Å²) in [5.41, 5.74) is 7.54. The molecule has 0 amide bonds. The van der Waals surface area contributed by atoms with Crippen molar-refractivity contribution in [2.24, 2.45) is 5.92 Å². The van der Waals surface area contributed by atoms with Gasteiger partial charge in [-0.25, -0.2) is 0 Å². The van der Waals surface area contributed by atoms with Crippen molar-refractivity contribution in [3.63, 3.8) is 0 Å². The lowest BCUT2D eigenvalue weighted by Crippen LogP contribution is -2.10. The van der Waals surface area contributed by atoms with Crippen LogP contribution in [0.2, 0.25) is 0 Å². The summed E-state index contributed by atoms with van der Waals surface area (Å²) in [6, 6.07) is 9.08. The monoisotopic (exact) mass is 337 g/mol. The topological polar surface area (TPSA) is 12.0 Å². The molecule has 0 aromatic heterocycles. The average molecular weight is 338 g/mol. The average Bonchev–Trinajstić information content (AvgIpc) is 2.56. The van der Waals surface area contributed by atoms with Crippen LogP contribution in [0.4, 0.5) is 5.69 Å². The fourth-order valence-corrected chi connectivity index (χ4v) is 3.78. The van der Waals surface area contributed by atoms with E-state index >= 15 is 0 Å². The van der Waals surface area contributed by atoms with Crippen LogP contribution >= 0.6 is 0 Å². The van der Waals surface area contributed by atoms with Gasteiger partial charge in [0.05, 0.1) is 0 Å². The largest absolute Gasteiger partial charge is 0.359 e. The summed E-state index contributed by atoms with van der Waals surface area (Å²) in [5, 5.41) is 3.57. The van der Waals surface area contributed by atoms with Crippen molar-refractivity contribution in [2.75, 3.05) is 5.32 Å². The van der Waals surface area contributed by atoms with Gasteiger partial charge in [0.2, 0.25) is 0 Å². The Hall–Kier alpha value is -1.76. The van der Waals surface area contributed by atoms with E-state index < -0.39 is 0 Å². The van der Waals surface area contributed by atoms with Gasteiger partial charge in [-0.1, -0.05) is 49.6 Å². The Kier molecular flexibility index (Phi) is 7.11. The number of allylic oxidation sites excluding steroid dienone is 4. The van der Waals surface area contributed by atoms with Crippen molar-refractivity contribution < 1.29 is 0 Å². The molecule has 0 atom stereocenters. The minimum absolute atomic E-state index is 0.753. The maximum atomic E-state index is 4.15. The summed E-state index contributed by atoms with van der Waals surface area (Å²) in [6.07, 6.45) is 7.44. The number of hydrogen-bond acceptors (Lipinski definition) is 1. The van der Waals surface area contributed by atoms with E-state index in [4.69, 9.17) is 0 Å². The van der Waals surface area contributed by atoms with E-state index in [9.17, 15) is 0 Å². The summed E-state index contributed by atoms with van der Waals surface area (Å²) in [4.78, 5) is 0. The Bertz CT molecular complexity index is 625. The van der Waals surface area contributed by atoms with Crippen LogP contribution < -0.4 is 5.32 Å². The van der Waals surface area contributed by atoms with Crippen LogP contribution in [0.5, 0.6) is 0 Å². The third-order valence-corrected chi connectivity index (χ3v) is 5.50. The van der Waals surface area contributed by atoms with E-state index in [1.165, 1.54) is 53.8 Å². The van der Waals surface area contributed by atoms with Gasteiger partial charge in [0.25, 0.3) is 0 Å². The molecule has 0 radical (unpaired) electrons. The molecule has 0 heterocycles. The van der Waals surface area contributed by atoms with E-state index in [1.54, 1.807) is 0 Å². The summed E-state index contributed by atoms with van der Waals surface area (Å²) >= 11 is 0. The summed E-state index contributed by atoms with van der Waals surface area (Å²) < 4.78 is 0. The molecule has 1 nitrogen and oxygen atoms in total. The van der Waals surface area contributed by atoms with Crippen LogP contribution in [0.15, 0.2) is 59.8 Å². The standard InChI is InChI=1S/C24H35N/c1-17(2)7-16-24(18(3)4)20(6)25-23-14-12-22(13-15-23)21-10-8-19(5)9-11-21/h12-15,19,21,25H,1,3,7-11,16H2,2,4-6H3/b24-20+. The third-order valence-electron chi connectivity index (χ3n) is 5.50. The Morgan fingerprint density at radius 3 is 2.08 bits per heavy atom. The highest BCUT2D eigenvalue weighted by molar-refractivity contribution is 5.52. The van der Waals surface area contributed by atoms with Gasteiger partial charge in [0.15, 0.2) is 0 Å². The van der Waals surface area contributed by atoms with Crippen molar-refractivity contribution >= 4 is 5.69 Å². The Labute approximate surface area is 154 Å². The van der Waals surface area contributed by atoms with Crippen LogP contribution in [0, 0.1) is 5.92 Å². The first-order valence-corrected chi connectivity index (χ1v) is 9.73. The van der Waals surface area contributed by atoms with Crippen LogP contribution in [0.25, 0.3) is 0 Å². The van der Waals surface area contributed by atoms with Crippen LogP contribution in [-0.2, 0) is 0 Å². The number of rotatable bonds is 7. The molecule has 1 heteroatoms. The van der Waals surface area contributed by atoms with Gasteiger partial charge in [-0.2, -0.15) is 0 Å². The highest BCUT2D eigenvalue weighted by Crippen LogP contribution is 2.36.